The van der Waals surface area contributed by atoms with Gasteiger partial charge in [-0.2, -0.15) is 8.78 Å². The van der Waals surface area contributed by atoms with Crippen molar-refractivity contribution in [2.24, 2.45) is 4.99 Å². The lowest BCUT2D eigenvalue weighted by molar-refractivity contribution is -0.0505. The predicted octanol–water partition coefficient (Wildman–Crippen LogP) is 4.22. The summed E-state index contributed by atoms with van der Waals surface area (Å²) in [6, 6.07) is 6.83. The molecule has 2 heterocycles. The van der Waals surface area contributed by atoms with Crippen LogP contribution in [0.3, 0.4) is 0 Å². The zero-order chi connectivity index (χ0) is 22.3. The second kappa shape index (κ2) is 12.1. The fourth-order valence-corrected chi connectivity index (χ4v) is 3.72. The first kappa shape index (κ1) is 25.1. The molecular formula is C22H27F2IN4O4. The third-order valence-electron chi connectivity index (χ3n) is 5.32. The normalized spacial score (nSPS) is 15.3. The number of pyridine rings is 1. The van der Waals surface area contributed by atoms with Crippen LogP contribution in [0.15, 0.2) is 35.5 Å². The highest BCUT2D eigenvalue weighted by atomic mass is 127. The van der Waals surface area contributed by atoms with Crippen LogP contribution in [-0.2, 0) is 13.1 Å². The number of guanidine groups is 1. The minimum Gasteiger partial charge on any atom is -0.474 e. The largest absolute Gasteiger partial charge is 0.474 e. The Balaban J connectivity index is 0.00000306. The summed E-state index contributed by atoms with van der Waals surface area (Å²) < 4.78 is 47.0. The number of halogens is 3. The van der Waals surface area contributed by atoms with Gasteiger partial charge in [-0.05, 0) is 37.8 Å². The molecule has 4 rings (SSSR count). The summed E-state index contributed by atoms with van der Waals surface area (Å²) >= 11 is 0. The lowest BCUT2D eigenvalue weighted by Gasteiger charge is -2.17. The summed E-state index contributed by atoms with van der Waals surface area (Å²) in [6.45, 7) is -2.27. The van der Waals surface area contributed by atoms with Crippen LogP contribution in [0, 0.1) is 0 Å². The number of aromatic nitrogens is 1. The lowest BCUT2D eigenvalue weighted by atomic mass is 10.1. The van der Waals surface area contributed by atoms with Crippen LogP contribution >= 0.6 is 24.0 Å². The van der Waals surface area contributed by atoms with Crippen molar-refractivity contribution >= 4 is 29.9 Å². The SMILES string of the molecule is CN=C(NCc1cc2c(cc1OC(F)F)OCO2)NCc1cccnc1OC1CCCC1.I. The summed E-state index contributed by atoms with van der Waals surface area (Å²) in [5.74, 6) is 1.98. The van der Waals surface area contributed by atoms with Crippen molar-refractivity contribution in [3.63, 3.8) is 0 Å². The maximum atomic E-state index is 12.8. The van der Waals surface area contributed by atoms with E-state index in [1.54, 1.807) is 19.3 Å². The van der Waals surface area contributed by atoms with Gasteiger partial charge in [0.15, 0.2) is 17.5 Å². The third kappa shape index (κ3) is 6.71. The van der Waals surface area contributed by atoms with Gasteiger partial charge in [0.2, 0.25) is 12.7 Å². The number of hydrogen-bond acceptors (Lipinski definition) is 6. The average Bonchev–Trinajstić information content (AvgIpc) is 3.46. The van der Waals surface area contributed by atoms with Crippen molar-refractivity contribution in [3.8, 4) is 23.1 Å². The van der Waals surface area contributed by atoms with E-state index in [4.69, 9.17) is 14.2 Å². The second-order valence-electron chi connectivity index (χ2n) is 7.46. The number of fused-ring (bicyclic) bond motifs is 1. The first-order chi connectivity index (χ1) is 15.6. The lowest BCUT2D eigenvalue weighted by Crippen LogP contribution is -2.36. The Morgan fingerprint density at radius 2 is 1.85 bits per heavy atom. The molecule has 1 fully saturated rings. The smallest absolute Gasteiger partial charge is 0.387 e. The highest BCUT2D eigenvalue weighted by molar-refractivity contribution is 14.0. The molecule has 2 aliphatic rings. The van der Waals surface area contributed by atoms with Crippen molar-refractivity contribution in [1.29, 1.82) is 0 Å². The molecule has 1 aromatic heterocycles. The van der Waals surface area contributed by atoms with Gasteiger partial charge in [-0.1, -0.05) is 6.07 Å². The molecule has 1 aromatic carbocycles. The van der Waals surface area contributed by atoms with Crippen LogP contribution in [0.1, 0.15) is 36.8 Å². The van der Waals surface area contributed by atoms with Gasteiger partial charge in [-0.3, -0.25) is 4.99 Å². The van der Waals surface area contributed by atoms with Crippen molar-refractivity contribution in [2.75, 3.05) is 13.8 Å². The van der Waals surface area contributed by atoms with Crippen LogP contribution in [0.25, 0.3) is 0 Å². The van der Waals surface area contributed by atoms with Crippen molar-refractivity contribution in [3.05, 3.63) is 41.6 Å². The summed E-state index contributed by atoms with van der Waals surface area (Å²) in [7, 11) is 1.63. The molecule has 0 amide bonds. The number of ether oxygens (including phenoxy) is 4. The van der Waals surface area contributed by atoms with Gasteiger partial charge in [0.05, 0.1) is 0 Å². The Morgan fingerprint density at radius 1 is 1.15 bits per heavy atom. The molecule has 0 spiro atoms. The molecule has 0 radical (unpaired) electrons. The maximum Gasteiger partial charge on any atom is 0.387 e. The Hall–Kier alpha value is -2.57. The molecule has 11 heteroatoms. The molecule has 0 atom stereocenters. The number of alkyl halides is 2. The van der Waals surface area contributed by atoms with Gasteiger partial charge in [0.1, 0.15) is 11.9 Å². The predicted molar refractivity (Wildman–Crippen MR) is 129 cm³/mol. The molecule has 0 unspecified atom stereocenters. The third-order valence-corrected chi connectivity index (χ3v) is 5.32. The Kier molecular flexibility index (Phi) is 9.15. The van der Waals surface area contributed by atoms with E-state index < -0.39 is 6.61 Å². The Labute approximate surface area is 208 Å². The number of nitrogens with zero attached hydrogens (tertiary/aromatic N) is 2. The van der Waals surface area contributed by atoms with E-state index in [-0.39, 0.29) is 49.2 Å². The molecule has 2 N–H and O–H groups in total. The molecule has 1 aliphatic carbocycles. The van der Waals surface area contributed by atoms with Crippen molar-refractivity contribution in [2.45, 2.75) is 51.5 Å². The van der Waals surface area contributed by atoms with Crippen LogP contribution in [0.4, 0.5) is 8.78 Å². The number of benzene rings is 1. The maximum absolute atomic E-state index is 12.8. The van der Waals surface area contributed by atoms with E-state index in [1.165, 1.54) is 18.9 Å². The van der Waals surface area contributed by atoms with E-state index in [0.717, 1.165) is 18.4 Å². The second-order valence-corrected chi connectivity index (χ2v) is 7.46. The molecule has 1 aliphatic heterocycles. The Morgan fingerprint density at radius 3 is 2.55 bits per heavy atom. The number of rotatable bonds is 8. The summed E-state index contributed by atoms with van der Waals surface area (Å²) in [6.07, 6.45) is 6.37. The molecular weight excluding hydrogens is 549 g/mol. The first-order valence-electron chi connectivity index (χ1n) is 10.5. The van der Waals surface area contributed by atoms with E-state index >= 15 is 0 Å². The molecule has 8 nitrogen and oxygen atoms in total. The zero-order valence-electron chi connectivity index (χ0n) is 18.2. The fraction of sp³-hybridized carbons (Fsp3) is 0.455. The van der Waals surface area contributed by atoms with Crippen molar-refractivity contribution < 1.29 is 27.7 Å². The topological polar surface area (TPSA) is 86.2 Å². The quantitative estimate of drug-likeness (QED) is 0.277. The average molecular weight is 576 g/mol. The van der Waals surface area contributed by atoms with Crippen LogP contribution in [0.2, 0.25) is 0 Å². The summed E-state index contributed by atoms with van der Waals surface area (Å²) in [5.41, 5.74) is 1.40. The monoisotopic (exact) mass is 576 g/mol. The highest BCUT2D eigenvalue weighted by Gasteiger charge is 2.21. The fourth-order valence-electron chi connectivity index (χ4n) is 3.72. The summed E-state index contributed by atoms with van der Waals surface area (Å²) in [4.78, 5) is 8.58. The standard InChI is InChI=1S/C22H26F2N4O4.HI/c1-25-22(27-11-14-5-4-8-26-20(14)31-16-6-2-3-7-16)28-12-15-9-18-19(30-13-29-18)10-17(15)32-21(23)24;/h4-5,8-10,16,21H,2-3,6-7,11-13H2,1H3,(H2,25,27,28);1H. The Bertz CT molecular complexity index is 958. The van der Waals surface area contributed by atoms with Gasteiger partial charge in [-0.25, -0.2) is 4.98 Å². The van der Waals surface area contributed by atoms with Gasteiger partial charge in [0.25, 0.3) is 0 Å². The van der Waals surface area contributed by atoms with Gasteiger partial charge >= 0.3 is 6.61 Å². The molecule has 1 saturated carbocycles. The molecule has 0 bridgehead atoms. The highest BCUT2D eigenvalue weighted by Crippen LogP contribution is 2.38. The number of nitrogens with one attached hydrogen (secondary N) is 2. The summed E-state index contributed by atoms with van der Waals surface area (Å²) in [5, 5.41) is 6.32. The molecule has 0 saturated heterocycles. The van der Waals surface area contributed by atoms with Gasteiger partial charge in [0, 0.05) is 43.5 Å². The molecule has 180 valence electrons. The number of hydrogen-bond donors (Lipinski definition) is 2. The number of aliphatic imine (C=N–C) groups is 1. The minimum atomic E-state index is -2.95. The van der Waals surface area contributed by atoms with Gasteiger partial charge in [-0.15, -0.1) is 24.0 Å². The zero-order valence-corrected chi connectivity index (χ0v) is 20.5. The van der Waals surface area contributed by atoms with E-state index in [0.29, 0.717) is 35.4 Å². The minimum absolute atomic E-state index is 0. The first-order valence-corrected chi connectivity index (χ1v) is 10.5. The van der Waals surface area contributed by atoms with Crippen LogP contribution < -0.4 is 29.6 Å². The van der Waals surface area contributed by atoms with E-state index in [2.05, 4.69) is 25.3 Å². The van der Waals surface area contributed by atoms with E-state index in [9.17, 15) is 8.78 Å². The molecule has 2 aromatic rings. The van der Waals surface area contributed by atoms with Crippen molar-refractivity contribution in [1.82, 2.24) is 15.6 Å². The van der Waals surface area contributed by atoms with Crippen LogP contribution in [-0.4, -0.2) is 37.5 Å². The van der Waals surface area contributed by atoms with Gasteiger partial charge < -0.3 is 29.6 Å². The molecule has 33 heavy (non-hydrogen) atoms. The van der Waals surface area contributed by atoms with Crippen LogP contribution in [0.5, 0.6) is 23.1 Å². The van der Waals surface area contributed by atoms with E-state index in [1.807, 2.05) is 12.1 Å².